The van der Waals surface area contributed by atoms with Gasteiger partial charge in [-0.15, -0.1) is 0 Å². The third kappa shape index (κ3) is 9.92. The van der Waals surface area contributed by atoms with Crippen LogP contribution in [0.25, 0.3) is 0 Å². The number of fused-ring (bicyclic) bond motifs is 1. The molecule has 2 fully saturated rings. The first-order valence-corrected chi connectivity index (χ1v) is 17.3. The Kier molecular flexibility index (Phi) is 12.5. The predicted molar refractivity (Wildman–Crippen MR) is 180 cm³/mol. The molecular formula is C38H49N3O6. The minimum atomic E-state index is -0.860. The van der Waals surface area contributed by atoms with Crippen molar-refractivity contribution >= 4 is 24.2 Å². The number of carbonyl (C=O) groups is 4. The summed E-state index contributed by atoms with van der Waals surface area (Å²) in [7, 11) is 0. The number of ether oxygens (including phenoxy) is 2. The van der Waals surface area contributed by atoms with Crippen molar-refractivity contribution in [2.45, 2.75) is 108 Å². The lowest BCUT2D eigenvalue weighted by molar-refractivity contribution is -0.132. The van der Waals surface area contributed by atoms with E-state index in [4.69, 9.17) is 9.47 Å². The average molecular weight is 644 g/mol. The molecule has 2 saturated carbocycles. The van der Waals surface area contributed by atoms with Crippen molar-refractivity contribution in [1.82, 2.24) is 15.5 Å². The lowest BCUT2D eigenvalue weighted by Gasteiger charge is -2.31. The second-order valence-corrected chi connectivity index (χ2v) is 13.3. The van der Waals surface area contributed by atoms with Gasteiger partial charge in [0.25, 0.3) is 0 Å². The molecule has 252 valence electrons. The molecule has 2 atom stereocenters. The zero-order valence-corrected chi connectivity index (χ0v) is 27.4. The zero-order valence-electron chi connectivity index (χ0n) is 27.4. The maximum atomic E-state index is 13.4. The van der Waals surface area contributed by atoms with Crippen LogP contribution in [0.2, 0.25) is 0 Å². The van der Waals surface area contributed by atoms with Gasteiger partial charge in [0.1, 0.15) is 24.7 Å². The molecule has 3 amide bonds. The number of hydrogen-bond acceptors (Lipinski definition) is 6. The van der Waals surface area contributed by atoms with Crippen molar-refractivity contribution in [1.29, 1.82) is 0 Å². The minimum Gasteiger partial charge on any atom is -0.491 e. The number of rotatable bonds is 12. The molecular weight excluding hydrogens is 594 g/mol. The summed E-state index contributed by atoms with van der Waals surface area (Å²) in [5, 5.41) is 5.70. The van der Waals surface area contributed by atoms with Gasteiger partial charge in [-0.2, -0.15) is 0 Å². The van der Waals surface area contributed by atoms with Gasteiger partial charge < -0.3 is 29.8 Å². The number of aldehydes is 1. The van der Waals surface area contributed by atoms with E-state index in [-0.39, 0.29) is 30.4 Å². The molecule has 0 aromatic heterocycles. The highest BCUT2D eigenvalue weighted by Crippen LogP contribution is 2.34. The van der Waals surface area contributed by atoms with E-state index in [2.05, 4.69) is 41.5 Å². The van der Waals surface area contributed by atoms with Crippen molar-refractivity contribution in [2.75, 3.05) is 13.2 Å². The van der Waals surface area contributed by atoms with Gasteiger partial charge >= 0.3 is 6.09 Å². The fourth-order valence-corrected chi connectivity index (χ4v) is 7.18. The van der Waals surface area contributed by atoms with Gasteiger partial charge in [0.2, 0.25) is 11.8 Å². The Hall–Kier alpha value is -4.14. The second-order valence-electron chi connectivity index (χ2n) is 13.3. The first-order valence-electron chi connectivity index (χ1n) is 17.3. The SMILES string of the molecule is C=C(C(=O)N[C@H](C=O)CCC(=O)N1CCOc2ccccc2C1)[C@H](CC1CCCCC1)NC(=O)OC1CCC(c2ccccc2)CC1. The molecule has 1 heterocycles. The Morgan fingerprint density at radius 2 is 1.66 bits per heavy atom. The number of benzene rings is 2. The zero-order chi connectivity index (χ0) is 33.0. The monoisotopic (exact) mass is 643 g/mol. The lowest BCUT2D eigenvalue weighted by atomic mass is 9.83. The lowest BCUT2D eigenvalue weighted by Crippen LogP contribution is -2.46. The Labute approximate surface area is 278 Å². The van der Waals surface area contributed by atoms with Crippen molar-refractivity contribution in [3.63, 3.8) is 0 Å². The van der Waals surface area contributed by atoms with Gasteiger partial charge in [0.15, 0.2) is 0 Å². The van der Waals surface area contributed by atoms with E-state index in [0.717, 1.165) is 62.7 Å². The van der Waals surface area contributed by atoms with Gasteiger partial charge in [-0.25, -0.2) is 4.79 Å². The van der Waals surface area contributed by atoms with Crippen molar-refractivity contribution in [3.8, 4) is 5.75 Å². The molecule has 0 bridgehead atoms. The Morgan fingerprint density at radius 1 is 0.936 bits per heavy atom. The number of para-hydroxylation sites is 1. The van der Waals surface area contributed by atoms with Crippen LogP contribution in [0.1, 0.15) is 94.1 Å². The van der Waals surface area contributed by atoms with Gasteiger partial charge in [-0.05, 0) is 62.0 Å². The molecule has 1 aliphatic heterocycles. The smallest absolute Gasteiger partial charge is 0.407 e. The molecule has 5 rings (SSSR count). The van der Waals surface area contributed by atoms with Crippen LogP contribution in [-0.2, 0) is 25.7 Å². The quantitative estimate of drug-likeness (QED) is 0.210. The summed E-state index contributed by atoms with van der Waals surface area (Å²) in [5.74, 6) is 0.994. The summed E-state index contributed by atoms with van der Waals surface area (Å²) in [6.45, 7) is 5.34. The third-order valence-electron chi connectivity index (χ3n) is 9.97. The van der Waals surface area contributed by atoms with Crippen LogP contribution >= 0.6 is 0 Å². The van der Waals surface area contributed by atoms with Crippen LogP contribution in [-0.4, -0.2) is 60.4 Å². The fraction of sp³-hybridized carbons (Fsp3) is 0.526. The molecule has 2 aliphatic carbocycles. The fourth-order valence-electron chi connectivity index (χ4n) is 7.18. The molecule has 9 heteroatoms. The molecule has 0 saturated heterocycles. The number of carbonyl (C=O) groups excluding carboxylic acids is 4. The number of amides is 3. The van der Waals surface area contributed by atoms with Crippen LogP contribution in [0.4, 0.5) is 4.79 Å². The Morgan fingerprint density at radius 3 is 2.40 bits per heavy atom. The highest BCUT2D eigenvalue weighted by atomic mass is 16.6. The summed E-state index contributed by atoms with van der Waals surface area (Å²) < 4.78 is 11.6. The van der Waals surface area contributed by atoms with Crippen LogP contribution in [0, 0.1) is 5.92 Å². The van der Waals surface area contributed by atoms with Gasteiger partial charge in [0.05, 0.1) is 18.6 Å². The van der Waals surface area contributed by atoms with Crippen molar-refractivity contribution in [3.05, 3.63) is 77.9 Å². The third-order valence-corrected chi connectivity index (χ3v) is 9.97. The van der Waals surface area contributed by atoms with Crippen molar-refractivity contribution in [2.24, 2.45) is 5.92 Å². The topological polar surface area (TPSA) is 114 Å². The molecule has 2 aromatic carbocycles. The summed E-state index contributed by atoms with van der Waals surface area (Å²) >= 11 is 0. The predicted octanol–water partition coefficient (Wildman–Crippen LogP) is 6.22. The van der Waals surface area contributed by atoms with E-state index >= 15 is 0 Å². The minimum absolute atomic E-state index is 0.0981. The molecule has 0 radical (unpaired) electrons. The highest BCUT2D eigenvalue weighted by molar-refractivity contribution is 5.96. The molecule has 3 aliphatic rings. The van der Waals surface area contributed by atoms with E-state index < -0.39 is 24.1 Å². The Bertz CT molecular complexity index is 1370. The van der Waals surface area contributed by atoms with E-state index in [9.17, 15) is 19.2 Å². The highest BCUT2D eigenvalue weighted by Gasteiger charge is 2.30. The van der Waals surface area contributed by atoms with Crippen LogP contribution < -0.4 is 15.4 Å². The summed E-state index contributed by atoms with van der Waals surface area (Å²) in [6.07, 6.45) is 9.81. The molecule has 2 aromatic rings. The van der Waals surface area contributed by atoms with Crippen LogP contribution in [0.15, 0.2) is 66.7 Å². The normalized spacial score (nSPS) is 21.1. The van der Waals surface area contributed by atoms with Crippen LogP contribution in [0.3, 0.4) is 0 Å². The number of hydrogen-bond donors (Lipinski definition) is 2. The molecule has 47 heavy (non-hydrogen) atoms. The average Bonchev–Trinajstić information content (AvgIpc) is 3.33. The van der Waals surface area contributed by atoms with Gasteiger partial charge in [-0.3, -0.25) is 9.59 Å². The Balaban J connectivity index is 1.13. The van der Waals surface area contributed by atoms with Gasteiger partial charge in [-0.1, -0.05) is 87.2 Å². The van der Waals surface area contributed by atoms with Gasteiger partial charge in [0, 0.05) is 24.1 Å². The molecule has 0 spiro atoms. The van der Waals surface area contributed by atoms with Crippen molar-refractivity contribution < 1.29 is 28.7 Å². The largest absolute Gasteiger partial charge is 0.491 e. The second kappa shape index (κ2) is 17.1. The summed E-state index contributed by atoms with van der Waals surface area (Å²) in [4.78, 5) is 53.3. The molecule has 2 N–H and O–H groups in total. The standard InChI is InChI=1S/C38H49N3O6/c1-27(37(44)39-32(26-42)18-21-36(43)41-22-23-46-35-15-9-8-14-31(35)25-41)34(24-28-10-4-2-5-11-28)40-38(45)47-33-19-16-30(17-20-33)29-12-6-3-7-13-29/h3,6-9,12-15,26,28,30,32-34H,1-2,4-5,10-11,16-25H2,(H,39,44)(H,40,45)/t30?,32-,33?,34-/m0/s1. The maximum Gasteiger partial charge on any atom is 0.407 e. The number of nitrogens with zero attached hydrogens (tertiary/aromatic N) is 1. The van der Waals surface area contributed by atoms with E-state index in [1.54, 1.807) is 4.90 Å². The summed E-state index contributed by atoms with van der Waals surface area (Å²) in [6, 6.07) is 16.6. The number of alkyl carbamates (subject to hydrolysis) is 1. The van der Waals surface area contributed by atoms with Crippen LogP contribution in [0.5, 0.6) is 5.75 Å². The maximum absolute atomic E-state index is 13.4. The first-order chi connectivity index (χ1) is 22.9. The molecule has 0 unspecified atom stereocenters. The van der Waals surface area contributed by atoms with E-state index in [1.165, 1.54) is 12.0 Å². The van der Waals surface area contributed by atoms with E-state index in [0.29, 0.717) is 44.2 Å². The molecule has 9 nitrogen and oxygen atoms in total. The summed E-state index contributed by atoms with van der Waals surface area (Å²) in [5.41, 5.74) is 2.45. The first kappa shape index (κ1) is 34.2. The number of nitrogens with one attached hydrogen (secondary N) is 2. The van der Waals surface area contributed by atoms with E-state index in [1.807, 2.05) is 30.3 Å².